The Hall–Kier alpha value is -1.91. The summed E-state index contributed by atoms with van der Waals surface area (Å²) in [4.78, 5) is 13.2. The summed E-state index contributed by atoms with van der Waals surface area (Å²) in [7, 11) is 0. The van der Waals surface area contributed by atoms with Gasteiger partial charge in [-0.25, -0.2) is 13.5 Å². The highest BCUT2D eigenvalue weighted by Crippen LogP contribution is 2.67. The van der Waals surface area contributed by atoms with Gasteiger partial charge in [0.2, 0.25) is 0 Å². The molecule has 0 radical (unpaired) electrons. The van der Waals surface area contributed by atoms with E-state index in [1.165, 1.54) is 16.8 Å². The maximum absolute atomic E-state index is 14.3. The van der Waals surface area contributed by atoms with Crippen molar-refractivity contribution in [2.45, 2.75) is 58.4 Å². The smallest absolute Gasteiger partial charge is 0.275 e. The molecule has 3 nitrogen and oxygen atoms in total. The van der Waals surface area contributed by atoms with Crippen molar-refractivity contribution in [3.63, 3.8) is 0 Å². The Morgan fingerprint density at radius 3 is 2.58 bits per heavy atom. The zero-order chi connectivity index (χ0) is 17.4. The van der Waals surface area contributed by atoms with Gasteiger partial charge in [-0.3, -0.25) is 9.48 Å². The van der Waals surface area contributed by atoms with E-state index in [1.54, 1.807) is 0 Å². The number of fused-ring (bicyclic) bond motifs is 5. The van der Waals surface area contributed by atoms with Gasteiger partial charge in [0.05, 0.1) is 5.69 Å². The highest BCUT2D eigenvalue weighted by molar-refractivity contribution is 5.47. The molecule has 1 aromatic heterocycles. The fourth-order valence-corrected chi connectivity index (χ4v) is 5.08. The van der Waals surface area contributed by atoms with Gasteiger partial charge in [0, 0.05) is 23.6 Å². The molecule has 5 heteroatoms. The van der Waals surface area contributed by atoms with Crippen molar-refractivity contribution in [1.82, 2.24) is 9.36 Å². The van der Waals surface area contributed by atoms with Gasteiger partial charge in [0.1, 0.15) is 11.5 Å². The van der Waals surface area contributed by atoms with Gasteiger partial charge in [-0.15, -0.1) is 0 Å². The average molecular weight is 332 g/mol. The second-order valence-electron chi connectivity index (χ2n) is 7.84. The number of hydrogen-bond acceptors (Lipinski definition) is 1. The van der Waals surface area contributed by atoms with Crippen LogP contribution in [0.25, 0.3) is 5.69 Å². The first-order valence-electron chi connectivity index (χ1n) is 8.55. The minimum Gasteiger partial charge on any atom is -0.281 e. The molecular weight excluding hydrogens is 310 g/mol. The summed E-state index contributed by atoms with van der Waals surface area (Å²) in [6.07, 6.45) is 2.03. The Morgan fingerprint density at radius 1 is 1.25 bits per heavy atom. The van der Waals surface area contributed by atoms with Crippen molar-refractivity contribution in [3.8, 4) is 5.69 Å². The fourth-order valence-electron chi connectivity index (χ4n) is 5.08. The lowest BCUT2D eigenvalue weighted by Crippen LogP contribution is -2.36. The molecule has 1 saturated carbocycles. The monoisotopic (exact) mass is 332 g/mol. The zero-order valence-corrected chi connectivity index (χ0v) is 14.5. The number of nitrogens with zero attached hydrogens (tertiary/aromatic N) is 2. The Morgan fingerprint density at radius 2 is 1.96 bits per heavy atom. The molecule has 1 heterocycles. The molecule has 1 fully saturated rings. The van der Waals surface area contributed by atoms with Crippen LogP contribution in [0.5, 0.6) is 0 Å². The van der Waals surface area contributed by atoms with Gasteiger partial charge in [-0.1, -0.05) is 20.8 Å². The van der Waals surface area contributed by atoms with Crippen LogP contribution in [0.1, 0.15) is 57.7 Å². The summed E-state index contributed by atoms with van der Waals surface area (Å²) in [6, 6.07) is 3.38. The molecule has 0 N–H and O–H groups in total. The minimum absolute atomic E-state index is 0.0220. The first kappa shape index (κ1) is 15.6. The third-order valence-corrected chi connectivity index (χ3v) is 6.71. The lowest BCUT2D eigenvalue weighted by molar-refractivity contribution is 0.215. The van der Waals surface area contributed by atoms with Crippen molar-refractivity contribution < 1.29 is 8.78 Å². The van der Waals surface area contributed by atoms with Crippen LogP contribution in [0.3, 0.4) is 0 Å². The molecule has 0 amide bonds. The zero-order valence-electron chi connectivity index (χ0n) is 14.5. The van der Waals surface area contributed by atoms with E-state index in [9.17, 15) is 13.6 Å². The van der Waals surface area contributed by atoms with Gasteiger partial charge >= 0.3 is 0 Å². The first-order valence-corrected chi connectivity index (χ1v) is 8.55. The molecule has 2 atom stereocenters. The molecule has 2 bridgehead atoms. The van der Waals surface area contributed by atoms with Crippen molar-refractivity contribution in [1.29, 1.82) is 0 Å². The number of rotatable bonds is 2. The number of halogens is 2. The molecule has 0 aliphatic heterocycles. The van der Waals surface area contributed by atoms with Gasteiger partial charge < -0.3 is 0 Å². The van der Waals surface area contributed by atoms with Gasteiger partial charge in [-0.05, 0) is 43.2 Å². The molecule has 1 unspecified atom stereocenters. The molecule has 1 aromatic carbocycles. The van der Waals surface area contributed by atoms with Crippen LogP contribution in [-0.2, 0) is 12.0 Å². The van der Waals surface area contributed by atoms with Crippen molar-refractivity contribution in [3.05, 3.63) is 51.4 Å². The number of benzene rings is 1. The van der Waals surface area contributed by atoms with Crippen LogP contribution in [0.15, 0.2) is 23.0 Å². The largest absolute Gasteiger partial charge is 0.281 e. The summed E-state index contributed by atoms with van der Waals surface area (Å²) in [5, 5.41) is 0. The van der Waals surface area contributed by atoms with E-state index in [0.29, 0.717) is 6.54 Å². The number of aromatic nitrogens is 2. The van der Waals surface area contributed by atoms with Gasteiger partial charge in [-0.2, -0.15) is 0 Å². The fraction of sp³-hybridized carbons (Fsp3) is 0.526. The number of hydrogen-bond donors (Lipinski definition) is 0. The van der Waals surface area contributed by atoms with Crippen molar-refractivity contribution in [2.24, 2.45) is 5.41 Å². The molecule has 2 aliphatic carbocycles. The lowest BCUT2D eigenvalue weighted by atomic mass is 9.70. The predicted molar refractivity (Wildman–Crippen MR) is 88.7 cm³/mol. The van der Waals surface area contributed by atoms with E-state index in [4.69, 9.17) is 0 Å². The lowest BCUT2D eigenvalue weighted by Gasteiger charge is -2.36. The SMILES string of the molecule is CCn1c2c(c(=O)n1-c1ccc(F)cc1F)C1CC[C@@]2(C)C1(C)C. The van der Waals surface area contributed by atoms with Gasteiger partial charge in [0.25, 0.3) is 5.56 Å². The van der Waals surface area contributed by atoms with E-state index in [1.807, 2.05) is 11.6 Å². The standard InChI is InChI=1S/C19H22F2N2O/c1-5-22-16-15(12-8-9-19(16,4)18(12,2)3)17(24)23(22)14-7-6-11(20)10-13(14)21/h6-7,10,12H,5,8-9H2,1-4H3/t12?,19-/m1/s1. The molecule has 2 aromatic rings. The average Bonchev–Trinajstić information content (AvgIpc) is 2.99. The summed E-state index contributed by atoms with van der Waals surface area (Å²) in [5.74, 6) is -1.15. The van der Waals surface area contributed by atoms with Crippen molar-refractivity contribution >= 4 is 0 Å². The molecular formula is C19H22F2N2O. The van der Waals surface area contributed by atoms with E-state index < -0.39 is 11.6 Å². The minimum atomic E-state index is -0.709. The highest BCUT2D eigenvalue weighted by Gasteiger charge is 2.62. The summed E-state index contributed by atoms with van der Waals surface area (Å²) >= 11 is 0. The predicted octanol–water partition coefficient (Wildman–Crippen LogP) is 4.11. The second kappa shape index (κ2) is 4.58. The van der Waals surface area contributed by atoms with Crippen LogP contribution in [0, 0.1) is 17.0 Å². The molecule has 0 saturated heterocycles. The summed E-state index contributed by atoms with van der Waals surface area (Å²) in [5.41, 5.74) is 1.77. The van der Waals surface area contributed by atoms with Crippen LogP contribution >= 0.6 is 0 Å². The summed E-state index contributed by atoms with van der Waals surface area (Å²) < 4.78 is 30.9. The van der Waals surface area contributed by atoms with Crippen molar-refractivity contribution in [2.75, 3.05) is 0 Å². The topological polar surface area (TPSA) is 26.9 Å². The Kier molecular flexibility index (Phi) is 2.98. The Bertz CT molecular complexity index is 909. The van der Waals surface area contributed by atoms with Crippen LogP contribution < -0.4 is 5.56 Å². The van der Waals surface area contributed by atoms with E-state index in [2.05, 4.69) is 20.8 Å². The normalized spacial score (nSPS) is 26.8. The van der Waals surface area contributed by atoms with Gasteiger partial charge in [0.15, 0.2) is 5.82 Å². The van der Waals surface area contributed by atoms with E-state index in [0.717, 1.165) is 30.2 Å². The van der Waals surface area contributed by atoms with Crippen LogP contribution in [0.2, 0.25) is 0 Å². The highest BCUT2D eigenvalue weighted by atomic mass is 19.1. The molecule has 128 valence electrons. The van der Waals surface area contributed by atoms with E-state index >= 15 is 0 Å². The third-order valence-electron chi connectivity index (χ3n) is 6.71. The maximum atomic E-state index is 14.3. The maximum Gasteiger partial charge on any atom is 0.275 e. The Labute approximate surface area is 139 Å². The van der Waals surface area contributed by atoms with E-state index in [-0.39, 0.29) is 28.0 Å². The summed E-state index contributed by atoms with van der Waals surface area (Å²) in [6.45, 7) is 9.20. The third kappa shape index (κ3) is 1.58. The molecule has 24 heavy (non-hydrogen) atoms. The van der Waals surface area contributed by atoms with Crippen LogP contribution in [-0.4, -0.2) is 9.36 Å². The molecule has 0 spiro atoms. The van der Waals surface area contributed by atoms with Crippen LogP contribution in [0.4, 0.5) is 8.78 Å². The molecule has 4 rings (SSSR count). The first-order chi connectivity index (χ1) is 11.2. The Balaban J connectivity index is 2.05. The molecule has 2 aliphatic rings. The quantitative estimate of drug-likeness (QED) is 0.813. The second-order valence-corrected chi connectivity index (χ2v) is 7.84.